The van der Waals surface area contributed by atoms with Crippen molar-refractivity contribution in [2.24, 2.45) is 7.05 Å². The maximum absolute atomic E-state index is 11.4. The average Bonchev–Trinajstić information content (AvgIpc) is 3.02. The molecule has 1 aromatic carbocycles. The number of aryl methyl sites for hydroxylation is 1. The minimum atomic E-state index is -0.566. The monoisotopic (exact) mass is 332 g/mol. The smallest absolute Gasteiger partial charge is 0.302 e. The number of carbonyl (C=O) groups excluding carboxylic acids is 1. The van der Waals surface area contributed by atoms with E-state index in [4.69, 9.17) is 14.2 Å². The Hall–Kier alpha value is -2.50. The summed E-state index contributed by atoms with van der Waals surface area (Å²) in [6.45, 7) is 3.67. The molecule has 1 heterocycles. The first-order valence-electron chi connectivity index (χ1n) is 7.82. The van der Waals surface area contributed by atoms with Gasteiger partial charge in [0.2, 0.25) is 0 Å². The molecule has 0 amide bonds. The van der Waals surface area contributed by atoms with Crippen LogP contribution in [0, 0.1) is 0 Å². The quantitative estimate of drug-likeness (QED) is 0.730. The number of imidazole rings is 1. The Morgan fingerprint density at radius 3 is 2.46 bits per heavy atom. The van der Waals surface area contributed by atoms with Crippen molar-refractivity contribution < 1.29 is 19.0 Å². The van der Waals surface area contributed by atoms with Crippen LogP contribution in [0.2, 0.25) is 0 Å². The number of carbonyl (C=O) groups is 1. The predicted molar refractivity (Wildman–Crippen MR) is 90.5 cm³/mol. The lowest BCUT2D eigenvalue weighted by Crippen LogP contribution is -2.36. The Morgan fingerprint density at radius 1 is 1.25 bits per heavy atom. The highest BCUT2D eigenvalue weighted by Crippen LogP contribution is 2.39. The van der Waals surface area contributed by atoms with E-state index in [1.807, 2.05) is 36.0 Å². The Kier molecular flexibility index (Phi) is 5.49. The van der Waals surface area contributed by atoms with E-state index in [-0.39, 0.29) is 12.6 Å². The zero-order chi connectivity index (χ0) is 17.7. The van der Waals surface area contributed by atoms with E-state index in [9.17, 15) is 4.79 Å². The maximum atomic E-state index is 11.4. The van der Waals surface area contributed by atoms with E-state index in [0.717, 1.165) is 11.4 Å². The molecule has 130 valence electrons. The molecule has 0 saturated heterocycles. The molecule has 2 rings (SSSR count). The highest BCUT2D eigenvalue weighted by Gasteiger charge is 2.38. The lowest BCUT2D eigenvalue weighted by molar-refractivity contribution is -0.142. The van der Waals surface area contributed by atoms with Crippen molar-refractivity contribution in [1.82, 2.24) is 9.55 Å². The molecule has 0 aliphatic heterocycles. The van der Waals surface area contributed by atoms with Gasteiger partial charge in [0.1, 0.15) is 12.4 Å². The molecule has 0 spiro atoms. The van der Waals surface area contributed by atoms with Crippen LogP contribution < -0.4 is 9.47 Å². The summed E-state index contributed by atoms with van der Waals surface area (Å²) in [4.78, 5) is 15.9. The van der Waals surface area contributed by atoms with Gasteiger partial charge < -0.3 is 18.8 Å². The van der Waals surface area contributed by atoms with Gasteiger partial charge in [-0.05, 0) is 24.1 Å². The second-order valence-electron chi connectivity index (χ2n) is 5.65. The molecule has 1 atom stereocenters. The fourth-order valence-corrected chi connectivity index (χ4v) is 2.93. The van der Waals surface area contributed by atoms with Crippen LogP contribution in [-0.4, -0.2) is 36.3 Å². The molecule has 6 heteroatoms. The second-order valence-corrected chi connectivity index (χ2v) is 5.65. The van der Waals surface area contributed by atoms with Crippen LogP contribution in [0.1, 0.15) is 31.7 Å². The van der Waals surface area contributed by atoms with Crippen molar-refractivity contribution in [2.45, 2.75) is 25.7 Å². The summed E-state index contributed by atoms with van der Waals surface area (Å²) in [6, 6.07) is 5.73. The van der Waals surface area contributed by atoms with Crippen molar-refractivity contribution >= 4 is 5.97 Å². The zero-order valence-corrected chi connectivity index (χ0v) is 14.8. The van der Waals surface area contributed by atoms with Gasteiger partial charge in [0.25, 0.3) is 0 Å². The normalized spacial score (nSPS) is 13.2. The number of nitrogens with zero attached hydrogens (tertiary/aromatic N) is 2. The Balaban J connectivity index is 2.61. The van der Waals surface area contributed by atoms with Crippen LogP contribution in [0.15, 0.2) is 30.6 Å². The van der Waals surface area contributed by atoms with Gasteiger partial charge in [-0.3, -0.25) is 4.79 Å². The molecule has 0 aliphatic carbocycles. The SMILES string of the molecule is CCC(COC(C)=O)(c1ccc(OC)c(OC)c1)c1nccn1C. The largest absolute Gasteiger partial charge is 0.493 e. The molecule has 0 aliphatic rings. The molecule has 1 unspecified atom stereocenters. The fourth-order valence-electron chi connectivity index (χ4n) is 2.93. The van der Waals surface area contributed by atoms with Crippen LogP contribution in [0.25, 0.3) is 0 Å². The number of ether oxygens (including phenoxy) is 3. The van der Waals surface area contributed by atoms with E-state index >= 15 is 0 Å². The number of hydrogen-bond acceptors (Lipinski definition) is 5. The summed E-state index contributed by atoms with van der Waals surface area (Å²) < 4.78 is 18.1. The lowest BCUT2D eigenvalue weighted by Gasteiger charge is -2.32. The van der Waals surface area contributed by atoms with Gasteiger partial charge in [-0.15, -0.1) is 0 Å². The Bertz CT molecular complexity index is 711. The summed E-state index contributed by atoms with van der Waals surface area (Å²) in [7, 11) is 5.13. The maximum Gasteiger partial charge on any atom is 0.302 e. The van der Waals surface area contributed by atoms with Crippen LogP contribution in [0.5, 0.6) is 11.5 Å². The third-order valence-electron chi connectivity index (χ3n) is 4.31. The van der Waals surface area contributed by atoms with E-state index in [1.165, 1.54) is 6.92 Å². The zero-order valence-electron chi connectivity index (χ0n) is 14.8. The van der Waals surface area contributed by atoms with Crippen LogP contribution >= 0.6 is 0 Å². The second kappa shape index (κ2) is 7.38. The first kappa shape index (κ1) is 17.8. The number of aromatic nitrogens is 2. The van der Waals surface area contributed by atoms with Crippen LogP contribution in [-0.2, 0) is 22.0 Å². The van der Waals surface area contributed by atoms with Crippen LogP contribution in [0.4, 0.5) is 0 Å². The molecule has 0 bridgehead atoms. The molecule has 2 aromatic rings. The van der Waals surface area contributed by atoms with E-state index in [2.05, 4.69) is 11.9 Å². The van der Waals surface area contributed by atoms with E-state index in [1.54, 1.807) is 20.4 Å². The number of methoxy groups -OCH3 is 2. The molecule has 1 aromatic heterocycles. The molecular formula is C18H24N2O4. The summed E-state index contributed by atoms with van der Waals surface area (Å²) in [6.07, 6.45) is 4.34. The lowest BCUT2D eigenvalue weighted by atomic mass is 9.77. The third-order valence-corrected chi connectivity index (χ3v) is 4.31. The fraction of sp³-hybridized carbons (Fsp3) is 0.444. The summed E-state index contributed by atoms with van der Waals surface area (Å²) in [5.74, 6) is 1.80. The topological polar surface area (TPSA) is 62.6 Å². The molecule has 24 heavy (non-hydrogen) atoms. The number of hydrogen-bond donors (Lipinski definition) is 0. The van der Waals surface area contributed by atoms with Gasteiger partial charge in [-0.1, -0.05) is 13.0 Å². The van der Waals surface area contributed by atoms with Crippen molar-refractivity contribution in [3.05, 3.63) is 42.0 Å². The van der Waals surface area contributed by atoms with Crippen molar-refractivity contribution in [2.75, 3.05) is 20.8 Å². The van der Waals surface area contributed by atoms with Gasteiger partial charge in [-0.2, -0.15) is 0 Å². The van der Waals surface area contributed by atoms with Gasteiger partial charge in [0.05, 0.1) is 19.6 Å². The highest BCUT2D eigenvalue weighted by atomic mass is 16.5. The van der Waals surface area contributed by atoms with Gasteiger partial charge in [0.15, 0.2) is 11.5 Å². The molecule has 0 N–H and O–H groups in total. The van der Waals surface area contributed by atoms with E-state index in [0.29, 0.717) is 17.9 Å². The molecule has 0 saturated carbocycles. The Morgan fingerprint density at radius 2 is 1.96 bits per heavy atom. The molecule has 0 radical (unpaired) electrons. The number of benzene rings is 1. The number of esters is 1. The van der Waals surface area contributed by atoms with Crippen molar-refractivity contribution in [3.8, 4) is 11.5 Å². The molecule has 0 fully saturated rings. The van der Waals surface area contributed by atoms with Crippen LogP contribution in [0.3, 0.4) is 0 Å². The first-order chi connectivity index (χ1) is 11.5. The van der Waals surface area contributed by atoms with Gasteiger partial charge >= 0.3 is 5.97 Å². The minimum absolute atomic E-state index is 0.208. The Labute approximate surface area is 142 Å². The standard InChI is InChI=1S/C18H24N2O4/c1-6-18(12-24-13(2)21,17-19-9-10-20(17)3)14-7-8-15(22-4)16(11-14)23-5/h7-11H,6,12H2,1-5H3. The highest BCUT2D eigenvalue weighted by molar-refractivity contribution is 5.66. The van der Waals surface area contributed by atoms with Gasteiger partial charge in [-0.25, -0.2) is 4.98 Å². The summed E-state index contributed by atoms with van der Waals surface area (Å²) in [5, 5.41) is 0. The predicted octanol–water partition coefficient (Wildman–Crippen LogP) is 2.70. The first-order valence-corrected chi connectivity index (χ1v) is 7.82. The van der Waals surface area contributed by atoms with E-state index < -0.39 is 5.41 Å². The average molecular weight is 332 g/mol. The number of rotatable bonds is 7. The molecule has 6 nitrogen and oxygen atoms in total. The summed E-state index contributed by atoms with van der Waals surface area (Å²) >= 11 is 0. The van der Waals surface area contributed by atoms with Gasteiger partial charge in [0, 0.05) is 26.4 Å². The summed E-state index contributed by atoms with van der Waals surface area (Å²) in [5.41, 5.74) is 0.391. The van der Waals surface area contributed by atoms with Crippen molar-refractivity contribution in [3.63, 3.8) is 0 Å². The third kappa shape index (κ3) is 3.22. The minimum Gasteiger partial charge on any atom is -0.493 e. The van der Waals surface area contributed by atoms with Crippen molar-refractivity contribution in [1.29, 1.82) is 0 Å². The molecular weight excluding hydrogens is 308 g/mol.